The zero-order valence-corrected chi connectivity index (χ0v) is 23.7. The van der Waals surface area contributed by atoms with Crippen LogP contribution in [0.25, 0.3) is 0 Å². The van der Waals surface area contributed by atoms with Crippen LogP contribution in [0.5, 0.6) is 11.5 Å². The molecule has 0 radical (unpaired) electrons. The summed E-state index contributed by atoms with van der Waals surface area (Å²) in [6, 6.07) is 10.1. The summed E-state index contributed by atoms with van der Waals surface area (Å²) in [6.45, 7) is 4.19. The average Bonchev–Trinajstić information content (AvgIpc) is 3.41. The van der Waals surface area contributed by atoms with Gasteiger partial charge in [0.2, 0.25) is 18.6 Å². The molecule has 11 heteroatoms. The molecule has 1 N–H and O–H groups in total. The number of nitrogens with one attached hydrogen (secondary N) is 1. The summed E-state index contributed by atoms with van der Waals surface area (Å²) < 4.78 is 55.5. The van der Waals surface area contributed by atoms with Crippen LogP contribution in [0.15, 0.2) is 54.2 Å². The molecule has 2 heterocycles. The molecule has 2 atom stereocenters. The minimum Gasteiger partial charge on any atom is -0.468 e. The van der Waals surface area contributed by atoms with Crippen molar-refractivity contribution < 1.29 is 41.8 Å². The molecule has 42 heavy (non-hydrogen) atoms. The molecule has 2 aromatic rings. The number of amides is 2. The lowest BCUT2D eigenvalue weighted by atomic mass is 9.59. The van der Waals surface area contributed by atoms with E-state index in [1.165, 1.54) is 19.2 Å². The second-order valence-electron chi connectivity index (χ2n) is 11.9. The summed E-state index contributed by atoms with van der Waals surface area (Å²) in [4.78, 5) is 42.1. The molecule has 0 saturated carbocycles. The minimum atomic E-state index is -4.50. The quantitative estimate of drug-likeness (QED) is 0.440. The standard InChI is InChI=1S/C31H33F3N2O6/c1-29(2)10-9-25-30(17-29,28(39)40-3)14-21(13-26(37)35-15-19-5-4-6-22(11-19)31(32,33)34)27(38)36(25)16-20-7-8-23-24(12-20)42-18-41-23/h4-9,11-12,21H,10,13-18H2,1-3H3,(H,35,37)/t21-,30-/m1/s1. The van der Waals surface area contributed by atoms with E-state index in [0.717, 1.165) is 17.7 Å². The number of allylic oxidation sites excluding steroid dienone is 1. The van der Waals surface area contributed by atoms with Gasteiger partial charge >= 0.3 is 12.1 Å². The van der Waals surface area contributed by atoms with Crippen LogP contribution in [0.2, 0.25) is 0 Å². The molecule has 5 rings (SSSR count). The Morgan fingerprint density at radius 3 is 2.60 bits per heavy atom. The van der Waals surface area contributed by atoms with E-state index in [4.69, 9.17) is 14.2 Å². The molecule has 0 aromatic heterocycles. The van der Waals surface area contributed by atoms with E-state index in [1.54, 1.807) is 17.0 Å². The smallest absolute Gasteiger partial charge is 0.416 e. The van der Waals surface area contributed by atoms with Crippen molar-refractivity contribution in [2.24, 2.45) is 16.7 Å². The number of hydrogen-bond acceptors (Lipinski definition) is 6. The van der Waals surface area contributed by atoms with Crippen LogP contribution in [-0.4, -0.2) is 36.6 Å². The van der Waals surface area contributed by atoms with Crippen LogP contribution in [0, 0.1) is 16.7 Å². The zero-order chi connectivity index (χ0) is 30.3. The second-order valence-corrected chi connectivity index (χ2v) is 11.9. The number of alkyl halides is 3. The van der Waals surface area contributed by atoms with Gasteiger partial charge in [-0.3, -0.25) is 14.4 Å². The van der Waals surface area contributed by atoms with Gasteiger partial charge in [0.15, 0.2) is 11.5 Å². The number of nitrogens with zero attached hydrogens (tertiary/aromatic N) is 1. The number of piperidine rings is 1. The van der Waals surface area contributed by atoms with Gasteiger partial charge in [0.05, 0.1) is 19.2 Å². The summed E-state index contributed by atoms with van der Waals surface area (Å²) in [5, 5.41) is 2.64. The maximum Gasteiger partial charge on any atom is 0.416 e. The molecule has 2 amide bonds. The molecule has 3 aliphatic rings. The lowest BCUT2D eigenvalue weighted by Gasteiger charge is -2.51. The van der Waals surface area contributed by atoms with Gasteiger partial charge in [-0.15, -0.1) is 0 Å². The monoisotopic (exact) mass is 586 g/mol. The Hall–Kier alpha value is -4.02. The van der Waals surface area contributed by atoms with Crippen molar-refractivity contribution in [2.75, 3.05) is 13.9 Å². The van der Waals surface area contributed by atoms with Gasteiger partial charge in [0, 0.05) is 24.6 Å². The third-order valence-corrected chi connectivity index (χ3v) is 8.15. The van der Waals surface area contributed by atoms with Gasteiger partial charge in [0.25, 0.3) is 0 Å². The third kappa shape index (κ3) is 5.82. The molecular formula is C31H33F3N2O6. The molecular weight excluding hydrogens is 553 g/mol. The minimum absolute atomic E-state index is 0.0857. The number of methoxy groups -OCH3 is 1. The Labute approximate surface area is 241 Å². The van der Waals surface area contributed by atoms with Crippen molar-refractivity contribution in [1.82, 2.24) is 10.2 Å². The Balaban J connectivity index is 1.41. The maximum absolute atomic E-state index is 14.0. The highest BCUT2D eigenvalue weighted by Crippen LogP contribution is 2.55. The van der Waals surface area contributed by atoms with Crippen LogP contribution < -0.4 is 14.8 Å². The zero-order valence-electron chi connectivity index (χ0n) is 23.7. The first-order chi connectivity index (χ1) is 19.8. The lowest BCUT2D eigenvalue weighted by molar-refractivity contribution is -0.162. The number of likely N-dealkylation sites (tertiary alicyclic amines) is 1. The SMILES string of the molecule is COC(=O)[C@@]12C[C@@H](CC(=O)NCc3cccc(C(F)(F)F)c3)C(=O)N(Cc3ccc4c(c3)OCO4)C1=CCC(C)(C)C2. The summed E-state index contributed by atoms with van der Waals surface area (Å²) in [5.74, 6) is -0.990. The van der Waals surface area contributed by atoms with Gasteiger partial charge in [-0.05, 0) is 60.1 Å². The Morgan fingerprint density at radius 1 is 1.10 bits per heavy atom. The van der Waals surface area contributed by atoms with E-state index in [-0.39, 0.29) is 49.6 Å². The van der Waals surface area contributed by atoms with Gasteiger partial charge in [-0.25, -0.2) is 0 Å². The Morgan fingerprint density at radius 2 is 1.86 bits per heavy atom. The fourth-order valence-corrected chi connectivity index (χ4v) is 6.29. The number of carbonyl (C=O) groups excluding carboxylic acids is 3. The van der Waals surface area contributed by atoms with Gasteiger partial charge in [-0.2, -0.15) is 13.2 Å². The van der Waals surface area contributed by atoms with Crippen molar-refractivity contribution >= 4 is 17.8 Å². The molecule has 1 saturated heterocycles. The van der Waals surface area contributed by atoms with Gasteiger partial charge in [-0.1, -0.05) is 38.1 Å². The fourth-order valence-electron chi connectivity index (χ4n) is 6.29. The topological polar surface area (TPSA) is 94.2 Å². The average molecular weight is 587 g/mol. The predicted molar refractivity (Wildman–Crippen MR) is 145 cm³/mol. The summed E-state index contributed by atoms with van der Waals surface area (Å²) in [6.07, 6.45) is -1.66. The number of ether oxygens (including phenoxy) is 3. The fraction of sp³-hybridized carbons (Fsp3) is 0.452. The molecule has 0 bridgehead atoms. The first kappa shape index (κ1) is 29.5. The van der Waals surface area contributed by atoms with Crippen LogP contribution in [0.1, 0.15) is 56.2 Å². The number of esters is 1. The summed E-state index contributed by atoms with van der Waals surface area (Å²) in [5.41, 5.74) is -0.618. The second kappa shape index (κ2) is 11.0. The van der Waals surface area contributed by atoms with Crippen LogP contribution in [-0.2, 0) is 38.4 Å². The maximum atomic E-state index is 14.0. The molecule has 0 spiro atoms. The van der Waals surface area contributed by atoms with E-state index < -0.39 is 34.9 Å². The number of benzene rings is 2. The van der Waals surface area contributed by atoms with Gasteiger partial charge < -0.3 is 24.4 Å². The van der Waals surface area contributed by atoms with Crippen molar-refractivity contribution in [3.63, 3.8) is 0 Å². The largest absolute Gasteiger partial charge is 0.468 e. The first-order valence-electron chi connectivity index (χ1n) is 13.7. The predicted octanol–water partition coefficient (Wildman–Crippen LogP) is 5.35. The van der Waals surface area contributed by atoms with E-state index in [9.17, 15) is 27.6 Å². The van der Waals surface area contributed by atoms with Crippen LogP contribution in [0.4, 0.5) is 13.2 Å². The molecule has 0 unspecified atom stereocenters. The number of fused-ring (bicyclic) bond motifs is 2. The van der Waals surface area contributed by atoms with Crippen molar-refractivity contribution in [1.29, 1.82) is 0 Å². The number of hydrogen-bond donors (Lipinski definition) is 1. The van der Waals surface area contributed by atoms with E-state index in [2.05, 4.69) is 5.32 Å². The van der Waals surface area contributed by atoms with E-state index >= 15 is 0 Å². The van der Waals surface area contributed by atoms with Gasteiger partial charge in [0.1, 0.15) is 5.41 Å². The first-order valence-corrected chi connectivity index (χ1v) is 13.7. The number of halogens is 3. The third-order valence-electron chi connectivity index (χ3n) is 8.15. The van der Waals surface area contributed by atoms with Crippen LogP contribution >= 0.6 is 0 Å². The van der Waals surface area contributed by atoms with Crippen molar-refractivity contribution in [3.8, 4) is 11.5 Å². The Bertz CT molecular complexity index is 1440. The van der Waals surface area contributed by atoms with Crippen molar-refractivity contribution in [3.05, 3.63) is 70.9 Å². The van der Waals surface area contributed by atoms with Crippen molar-refractivity contribution in [2.45, 2.75) is 58.8 Å². The normalized spacial score (nSPS) is 22.7. The molecule has 1 fully saturated rings. The number of rotatable bonds is 7. The Kier molecular flexibility index (Phi) is 7.72. The molecule has 1 aliphatic carbocycles. The van der Waals surface area contributed by atoms with Crippen LogP contribution in [0.3, 0.4) is 0 Å². The van der Waals surface area contributed by atoms with E-state index in [1.807, 2.05) is 26.0 Å². The highest BCUT2D eigenvalue weighted by atomic mass is 19.4. The molecule has 224 valence electrons. The lowest BCUT2D eigenvalue weighted by Crippen LogP contribution is -2.55. The highest BCUT2D eigenvalue weighted by molar-refractivity contribution is 5.92. The summed E-state index contributed by atoms with van der Waals surface area (Å²) >= 11 is 0. The molecule has 2 aromatic carbocycles. The highest BCUT2D eigenvalue weighted by Gasteiger charge is 2.57. The molecule has 8 nitrogen and oxygen atoms in total. The number of carbonyl (C=O) groups is 3. The molecule has 2 aliphatic heterocycles. The summed E-state index contributed by atoms with van der Waals surface area (Å²) in [7, 11) is 1.31. The van der Waals surface area contributed by atoms with E-state index in [0.29, 0.717) is 30.0 Å².